The number of carbonyl (C=O) groups excluding carboxylic acids is 1. The van der Waals surface area contributed by atoms with E-state index < -0.39 is 16.1 Å². The van der Waals surface area contributed by atoms with Crippen molar-refractivity contribution < 1.29 is 17.9 Å². The fourth-order valence-corrected chi connectivity index (χ4v) is 4.49. The van der Waals surface area contributed by atoms with Crippen LogP contribution in [0.4, 0.5) is 5.69 Å². The molecule has 2 unspecified atom stereocenters. The van der Waals surface area contributed by atoms with Crippen LogP contribution in [0.3, 0.4) is 0 Å². The average Bonchev–Trinajstić information content (AvgIpc) is 2.70. The third kappa shape index (κ3) is 5.73. The number of aryl methyl sites for hydroxylation is 1. The van der Waals surface area contributed by atoms with Gasteiger partial charge in [-0.05, 0) is 49.6 Å². The second kappa shape index (κ2) is 9.78. The number of anilines is 1. The van der Waals surface area contributed by atoms with Crippen LogP contribution < -0.4 is 14.4 Å². The second-order valence-electron chi connectivity index (χ2n) is 7.06. The summed E-state index contributed by atoms with van der Waals surface area (Å²) in [7, 11) is -2.13. The Labute approximate surface area is 173 Å². The Morgan fingerprint density at radius 1 is 1.03 bits per heavy atom. The molecule has 0 heterocycles. The van der Waals surface area contributed by atoms with E-state index in [1.807, 2.05) is 38.1 Å². The number of methoxy groups -OCH3 is 1. The number of rotatable bonds is 9. The van der Waals surface area contributed by atoms with Gasteiger partial charge in [-0.2, -0.15) is 0 Å². The molecule has 0 spiro atoms. The topological polar surface area (TPSA) is 75.7 Å². The summed E-state index contributed by atoms with van der Waals surface area (Å²) in [6.45, 7) is 5.80. The average molecular weight is 419 g/mol. The van der Waals surface area contributed by atoms with Crippen molar-refractivity contribution in [1.82, 2.24) is 5.32 Å². The lowest BCUT2D eigenvalue weighted by atomic mass is 10.0. The molecular formula is C22H30N2O4S. The van der Waals surface area contributed by atoms with Crippen LogP contribution in [0, 0.1) is 6.92 Å². The van der Waals surface area contributed by atoms with Crippen LogP contribution >= 0.6 is 0 Å². The van der Waals surface area contributed by atoms with Crippen LogP contribution in [0.25, 0.3) is 0 Å². The van der Waals surface area contributed by atoms with Crippen molar-refractivity contribution in [3.8, 4) is 5.75 Å². The smallest absolute Gasteiger partial charge is 0.244 e. The van der Waals surface area contributed by atoms with Crippen LogP contribution in [-0.4, -0.2) is 33.7 Å². The summed E-state index contributed by atoms with van der Waals surface area (Å²) in [5.41, 5.74) is 2.57. The van der Waals surface area contributed by atoms with Gasteiger partial charge in [0.2, 0.25) is 15.9 Å². The molecule has 6 nitrogen and oxygen atoms in total. The van der Waals surface area contributed by atoms with E-state index >= 15 is 0 Å². The van der Waals surface area contributed by atoms with Gasteiger partial charge in [-0.25, -0.2) is 8.42 Å². The first-order chi connectivity index (χ1) is 13.7. The van der Waals surface area contributed by atoms with E-state index in [4.69, 9.17) is 4.74 Å². The maximum Gasteiger partial charge on any atom is 0.244 e. The fourth-order valence-electron chi connectivity index (χ4n) is 3.28. The molecule has 0 aliphatic heterocycles. The zero-order chi connectivity index (χ0) is 21.6. The van der Waals surface area contributed by atoms with E-state index in [2.05, 4.69) is 5.32 Å². The standard InChI is InChI=1S/C22H30N2O4S/c1-6-20(17-10-8-16(3)9-11-17)23-22(25)21(7-2)24(29(5,26)27)18-12-14-19(28-4)15-13-18/h8-15,20-21H,6-7H2,1-5H3,(H,23,25). The van der Waals surface area contributed by atoms with Crippen molar-refractivity contribution in [3.63, 3.8) is 0 Å². The summed E-state index contributed by atoms with van der Waals surface area (Å²) in [6, 6.07) is 13.6. The summed E-state index contributed by atoms with van der Waals surface area (Å²) >= 11 is 0. The Bertz CT molecular complexity index is 909. The lowest BCUT2D eigenvalue weighted by Crippen LogP contribution is -2.50. The van der Waals surface area contributed by atoms with Crippen molar-refractivity contribution in [3.05, 3.63) is 59.7 Å². The lowest BCUT2D eigenvalue weighted by molar-refractivity contribution is -0.123. The first-order valence-corrected chi connectivity index (χ1v) is 11.6. The maximum absolute atomic E-state index is 13.1. The van der Waals surface area contributed by atoms with Gasteiger partial charge in [-0.3, -0.25) is 9.10 Å². The van der Waals surface area contributed by atoms with Gasteiger partial charge < -0.3 is 10.1 Å². The molecule has 7 heteroatoms. The number of nitrogens with one attached hydrogen (secondary N) is 1. The Morgan fingerprint density at radius 2 is 1.62 bits per heavy atom. The first kappa shape index (κ1) is 22.7. The molecule has 1 N–H and O–H groups in total. The van der Waals surface area contributed by atoms with Crippen LogP contribution in [0.5, 0.6) is 5.75 Å². The van der Waals surface area contributed by atoms with Crippen LogP contribution in [0.15, 0.2) is 48.5 Å². The predicted molar refractivity (Wildman–Crippen MR) is 117 cm³/mol. The molecular weight excluding hydrogens is 388 g/mol. The third-order valence-electron chi connectivity index (χ3n) is 4.86. The largest absolute Gasteiger partial charge is 0.497 e. The number of nitrogens with zero attached hydrogens (tertiary/aromatic N) is 1. The highest BCUT2D eigenvalue weighted by molar-refractivity contribution is 7.92. The Kier molecular flexibility index (Phi) is 7.67. The lowest BCUT2D eigenvalue weighted by Gasteiger charge is -2.31. The van der Waals surface area contributed by atoms with Gasteiger partial charge in [0.25, 0.3) is 0 Å². The second-order valence-corrected chi connectivity index (χ2v) is 8.92. The molecule has 2 aromatic carbocycles. The van der Waals surface area contributed by atoms with Gasteiger partial charge in [0.05, 0.1) is 25.1 Å². The molecule has 158 valence electrons. The normalized spacial score (nSPS) is 13.4. The van der Waals surface area contributed by atoms with Crippen LogP contribution in [0.1, 0.15) is 43.9 Å². The molecule has 1 amide bonds. The van der Waals surface area contributed by atoms with Crippen molar-refractivity contribution in [1.29, 1.82) is 0 Å². The molecule has 2 aromatic rings. The minimum absolute atomic E-state index is 0.186. The minimum Gasteiger partial charge on any atom is -0.497 e. The quantitative estimate of drug-likeness (QED) is 0.672. The Morgan fingerprint density at radius 3 is 2.07 bits per heavy atom. The van der Waals surface area contributed by atoms with Gasteiger partial charge >= 0.3 is 0 Å². The summed E-state index contributed by atoms with van der Waals surface area (Å²) < 4.78 is 31.5. The van der Waals surface area contributed by atoms with Gasteiger partial charge in [-0.15, -0.1) is 0 Å². The van der Waals surface area contributed by atoms with Crippen molar-refractivity contribution in [2.24, 2.45) is 0 Å². The zero-order valence-corrected chi connectivity index (χ0v) is 18.5. The Balaban J connectivity index is 2.32. The number of hydrogen-bond acceptors (Lipinski definition) is 4. The summed E-state index contributed by atoms with van der Waals surface area (Å²) in [5, 5.41) is 3.03. The monoisotopic (exact) mass is 418 g/mol. The molecule has 0 saturated heterocycles. The van der Waals surface area contributed by atoms with E-state index in [-0.39, 0.29) is 11.9 Å². The highest BCUT2D eigenvalue weighted by atomic mass is 32.2. The number of hydrogen-bond donors (Lipinski definition) is 1. The van der Waals surface area contributed by atoms with E-state index in [9.17, 15) is 13.2 Å². The summed E-state index contributed by atoms with van der Waals surface area (Å²) in [4.78, 5) is 13.1. The van der Waals surface area contributed by atoms with E-state index in [1.165, 1.54) is 4.31 Å². The molecule has 0 radical (unpaired) electrons. The molecule has 0 bridgehead atoms. The highest BCUT2D eigenvalue weighted by Crippen LogP contribution is 2.26. The molecule has 0 aliphatic carbocycles. The van der Waals surface area contributed by atoms with E-state index in [0.717, 1.165) is 17.4 Å². The molecule has 0 aliphatic rings. The van der Waals surface area contributed by atoms with Gasteiger partial charge in [0.1, 0.15) is 11.8 Å². The summed E-state index contributed by atoms with van der Waals surface area (Å²) in [5.74, 6) is 0.297. The van der Waals surface area contributed by atoms with E-state index in [1.54, 1.807) is 38.3 Å². The third-order valence-corrected chi connectivity index (χ3v) is 6.04. The maximum atomic E-state index is 13.1. The molecule has 2 rings (SSSR count). The van der Waals surface area contributed by atoms with Crippen molar-refractivity contribution >= 4 is 21.6 Å². The molecule has 2 atom stereocenters. The zero-order valence-electron chi connectivity index (χ0n) is 17.7. The Hall–Kier alpha value is -2.54. The minimum atomic E-state index is -3.67. The molecule has 29 heavy (non-hydrogen) atoms. The SMILES string of the molecule is CCC(NC(=O)C(CC)N(c1ccc(OC)cc1)S(C)(=O)=O)c1ccc(C)cc1. The van der Waals surface area contributed by atoms with Crippen LogP contribution in [0.2, 0.25) is 0 Å². The number of benzene rings is 2. The molecule has 0 saturated carbocycles. The van der Waals surface area contributed by atoms with Gasteiger partial charge in [-0.1, -0.05) is 43.7 Å². The van der Waals surface area contributed by atoms with Crippen molar-refractivity contribution in [2.75, 3.05) is 17.7 Å². The predicted octanol–water partition coefficient (Wildman–Crippen LogP) is 3.82. The van der Waals surface area contributed by atoms with Gasteiger partial charge in [0.15, 0.2) is 0 Å². The summed E-state index contributed by atoms with van der Waals surface area (Å²) in [6.07, 6.45) is 2.16. The number of amides is 1. The van der Waals surface area contributed by atoms with Gasteiger partial charge in [0, 0.05) is 0 Å². The number of carbonyl (C=O) groups is 1. The number of ether oxygens (including phenoxy) is 1. The fraction of sp³-hybridized carbons (Fsp3) is 0.409. The number of sulfonamides is 1. The molecule has 0 aromatic heterocycles. The highest BCUT2D eigenvalue weighted by Gasteiger charge is 2.32. The van der Waals surface area contributed by atoms with E-state index in [0.29, 0.717) is 24.3 Å². The van der Waals surface area contributed by atoms with Crippen molar-refractivity contribution in [2.45, 2.75) is 45.7 Å². The molecule has 0 fully saturated rings. The first-order valence-electron chi connectivity index (χ1n) is 9.71. The van der Waals surface area contributed by atoms with Crippen LogP contribution in [-0.2, 0) is 14.8 Å².